The first kappa shape index (κ1) is 21.9. The Morgan fingerprint density at radius 2 is 1.87 bits per heavy atom. The summed E-state index contributed by atoms with van der Waals surface area (Å²) in [6, 6.07) is 18.2. The lowest BCUT2D eigenvalue weighted by atomic mass is 10.0. The van der Waals surface area contributed by atoms with Crippen molar-refractivity contribution in [2.45, 2.75) is 50.2 Å². The molecule has 0 spiro atoms. The van der Waals surface area contributed by atoms with Crippen molar-refractivity contribution in [2.24, 2.45) is 0 Å². The third-order valence-electron chi connectivity index (χ3n) is 5.73. The van der Waals surface area contributed by atoms with Gasteiger partial charge in [0.25, 0.3) is 0 Å². The van der Waals surface area contributed by atoms with Gasteiger partial charge in [-0.2, -0.15) is 0 Å². The van der Waals surface area contributed by atoms with Crippen LogP contribution in [0.4, 0.5) is 0 Å². The van der Waals surface area contributed by atoms with Crippen LogP contribution in [0, 0.1) is 0 Å². The summed E-state index contributed by atoms with van der Waals surface area (Å²) in [7, 11) is 0. The lowest BCUT2D eigenvalue weighted by Gasteiger charge is -2.35. The number of piperidine rings is 1. The Morgan fingerprint density at radius 3 is 2.61 bits per heavy atom. The summed E-state index contributed by atoms with van der Waals surface area (Å²) in [5.74, 6) is 1.40. The lowest BCUT2D eigenvalue weighted by molar-refractivity contribution is -0.132. The predicted octanol–water partition coefficient (Wildman–Crippen LogP) is 5.39. The highest BCUT2D eigenvalue weighted by molar-refractivity contribution is 7.99. The maximum absolute atomic E-state index is 13.0. The monoisotopic (exact) mass is 454 g/mol. The fourth-order valence-corrected chi connectivity index (χ4v) is 5.08. The van der Waals surface area contributed by atoms with Crippen LogP contribution in [0.15, 0.2) is 59.8 Å². The molecule has 7 heteroatoms. The number of halogens is 1. The van der Waals surface area contributed by atoms with E-state index in [2.05, 4.69) is 34.2 Å². The zero-order valence-corrected chi connectivity index (χ0v) is 19.3. The van der Waals surface area contributed by atoms with Gasteiger partial charge in [-0.25, -0.2) is 0 Å². The number of aromatic nitrogens is 3. The highest BCUT2D eigenvalue weighted by atomic mass is 35.5. The normalized spacial score (nSPS) is 16.5. The summed E-state index contributed by atoms with van der Waals surface area (Å²) < 4.78 is 2.04. The Bertz CT molecular complexity index is 1010. The van der Waals surface area contributed by atoms with E-state index in [0.717, 1.165) is 48.0 Å². The van der Waals surface area contributed by atoms with Crippen LogP contribution in [-0.4, -0.2) is 43.9 Å². The van der Waals surface area contributed by atoms with Gasteiger partial charge in [0.05, 0.1) is 5.75 Å². The molecule has 0 bridgehead atoms. The quantitative estimate of drug-likeness (QED) is 0.449. The minimum absolute atomic E-state index is 0.187. The van der Waals surface area contributed by atoms with E-state index in [4.69, 9.17) is 11.6 Å². The number of benzene rings is 2. The molecule has 0 N–H and O–H groups in total. The van der Waals surface area contributed by atoms with Crippen molar-refractivity contribution in [2.75, 3.05) is 12.3 Å². The number of amides is 1. The zero-order chi connectivity index (χ0) is 21.6. The summed E-state index contributed by atoms with van der Waals surface area (Å²) in [6.07, 6.45) is 5.08. The van der Waals surface area contributed by atoms with Crippen LogP contribution in [0.5, 0.6) is 0 Å². The topological polar surface area (TPSA) is 51.0 Å². The first-order valence-corrected chi connectivity index (χ1v) is 12.2. The number of likely N-dealkylation sites (tertiary alicyclic amines) is 1. The maximum atomic E-state index is 13.0. The minimum atomic E-state index is 0.187. The molecule has 1 unspecified atom stereocenters. The Labute approximate surface area is 192 Å². The molecular weight excluding hydrogens is 428 g/mol. The highest BCUT2D eigenvalue weighted by Gasteiger charge is 2.26. The third kappa shape index (κ3) is 5.31. The van der Waals surface area contributed by atoms with Crippen molar-refractivity contribution in [1.29, 1.82) is 0 Å². The average Bonchev–Trinajstić information content (AvgIpc) is 3.21. The van der Waals surface area contributed by atoms with Crippen molar-refractivity contribution < 1.29 is 4.79 Å². The molecule has 0 aliphatic carbocycles. The minimum Gasteiger partial charge on any atom is -0.339 e. The third-order valence-corrected chi connectivity index (χ3v) is 6.90. The van der Waals surface area contributed by atoms with Gasteiger partial charge in [-0.15, -0.1) is 10.2 Å². The molecule has 1 saturated heterocycles. The molecule has 1 atom stereocenters. The van der Waals surface area contributed by atoms with E-state index in [1.807, 2.05) is 47.0 Å². The van der Waals surface area contributed by atoms with Crippen molar-refractivity contribution >= 4 is 29.3 Å². The molecule has 4 rings (SSSR count). The second kappa shape index (κ2) is 10.3. The van der Waals surface area contributed by atoms with E-state index < -0.39 is 0 Å². The Hall–Kier alpha value is -2.31. The van der Waals surface area contributed by atoms with Gasteiger partial charge in [0.1, 0.15) is 5.82 Å². The van der Waals surface area contributed by atoms with E-state index in [-0.39, 0.29) is 5.91 Å². The fourth-order valence-electron chi connectivity index (χ4n) is 4.10. The van der Waals surface area contributed by atoms with E-state index in [0.29, 0.717) is 23.2 Å². The van der Waals surface area contributed by atoms with Crippen LogP contribution < -0.4 is 0 Å². The standard InChI is InChI=1S/C24H27ClN4OS/c1-2-20-10-6-7-15-28(20)23(30)17-31-24-27-26-22(16-18-8-4-3-5-9-18)29(24)21-13-11-19(25)12-14-21/h3-5,8-9,11-14,20H,2,6-7,10,15-17H2,1H3. The number of carbonyl (C=O) groups excluding carboxylic acids is 1. The number of hydrogen-bond donors (Lipinski definition) is 0. The molecule has 1 aliphatic rings. The second-order valence-corrected chi connectivity index (χ2v) is 9.19. The van der Waals surface area contributed by atoms with E-state index in [1.54, 1.807) is 0 Å². The first-order chi connectivity index (χ1) is 15.2. The molecule has 0 saturated carbocycles. The van der Waals surface area contributed by atoms with Crippen LogP contribution >= 0.6 is 23.4 Å². The summed E-state index contributed by atoms with van der Waals surface area (Å²) in [5, 5.41) is 10.3. The van der Waals surface area contributed by atoms with Gasteiger partial charge in [-0.3, -0.25) is 9.36 Å². The Balaban J connectivity index is 1.56. The first-order valence-electron chi connectivity index (χ1n) is 10.8. The van der Waals surface area contributed by atoms with Crippen LogP contribution in [0.3, 0.4) is 0 Å². The molecule has 1 aromatic heterocycles. The largest absolute Gasteiger partial charge is 0.339 e. The smallest absolute Gasteiger partial charge is 0.233 e. The number of carbonyl (C=O) groups is 1. The Morgan fingerprint density at radius 1 is 1.10 bits per heavy atom. The average molecular weight is 455 g/mol. The highest BCUT2D eigenvalue weighted by Crippen LogP contribution is 2.26. The van der Waals surface area contributed by atoms with Gasteiger partial charge in [0.2, 0.25) is 5.91 Å². The molecule has 5 nitrogen and oxygen atoms in total. The van der Waals surface area contributed by atoms with Crippen LogP contribution in [0.1, 0.15) is 44.0 Å². The summed E-state index contributed by atoms with van der Waals surface area (Å²) >= 11 is 7.56. The molecule has 162 valence electrons. The van der Waals surface area contributed by atoms with Crippen molar-refractivity contribution in [3.05, 3.63) is 71.0 Å². The summed E-state index contributed by atoms with van der Waals surface area (Å²) in [5.41, 5.74) is 2.11. The fraction of sp³-hybridized carbons (Fsp3) is 0.375. The molecular formula is C24H27ClN4OS. The van der Waals surface area contributed by atoms with Crippen molar-refractivity contribution in [1.82, 2.24) is 19.7 Å². The van der Waals surface area contributed by atoms with Gasteiger partial charge in [-0.05, 0) is 55.5 Å². The summed E-state index contributed by atoms with van der Waals surface area (Å²) in [4.78, 5) is 15.0. The second-order valence-electron chi connectivity index (χ2n) is 7.81. The van der Waals surface area contributed by atoms with Crippen LogP contribution in [0.2, 0.25) is 5.02 Å². The molecule has 1 amide bonds. The summed E-state index contributed by atoms with van der Waals surface area (Å²) in [6.45, 7) is 3.03. The molecule has 31 heavy (non-hydrogen) atoms. The molecule has 1 fully saturated rings. The molecule has 0 radical (unpaired) electrons. The van der Waals surface area contributed by atoms with E-state index >= 15 is 0 Å². The molecule has 3 aromatic rings. The lowest BCUT2D eigenvalue weighted by Crippen LogP contribution is -2.44. The predicted molar refractivity (Wildman–Crippen MR) is 126 cm³/mol. The maximum Gasteiger partial charge on any atom is 0.233 e. The number of rotatable bonds is 7. The van der Waals surface area contributed by atoms with Gasteiger partial charge >= 0.3 is 0 Å². The molecule has 2 aromatic carbocycles. The van der Waals surface area contributed by atoms with Crippen LogP contribution in [0.25, 0.3) is 5.69 Å². The molecule has 2 heterocycles. The van der Waals surface area contributed by atoms with Gasteiger partial charge in [0, 0.05) is 29.7 Å². The van der Waals surface area contributed by atoms with E-state index in [9.17, 15) is 4.79 Å². The van der Waals surface area contributed by atoms with Gasteiger partial charge in [-0.1, -0.05) is 60.6 Å². The number of thioether (sulfide) groups is 1. The van der Waals surface area contributed by atoms with Gasteiger partial charge in [0.15, 0.2) is 5.16 Å². The SMILES string of the molecule is CCC1CCCCN1C(=O)CSc1nnc(Cc2ccccc2)n1-c1ccc(Cl)cc1. The van der Waals surface area contributed by atoms with E-state index in [1.165, 1.54) is 18.2 Å². The van der Waals surface area contributed by atoms with Crippen LogP contribution in [-0.2, 0) is 11.2 Å². The number of nitrogens with zero attached hydrogens (tertiary/aromatic N) is 4. The van der Waals surface area contributed by atoms with Gasteiger partial charge < -0.3 is 4.90 Å². The number of hydrogen-bond acceptors (Lipinski definition) is 4. The zero-order valence-electron chi connectivity index (χ0n) is 17.7. The Kier molecular flexibility index (Phi) is 7.30. The van der Waals surface area contributed by atoms with Crippen molar-refractivity contribution in [3.8, 4) is 5.69 Å². The van der Waals surface area contributed by atoms with Crippen molar-refractivity contribution in [3.63, 3.8) is 0 Å². The molecule has 1 aliphatic heterocycles.